The molecule has 2 aliphatic rings. The van der Waals surface area contributed by atoms with Gasteiger partial charge in [0.25, 0.3) is 0 Å². The Morgan fingerprint density at radius 3 is 1.44 bits per heavy atom. The van der Waals surface area contributed by atoms with Gasteiger partial charge in [-0.15, -0.1) is 0 Å². The maximum Gasteiger partial charge on any atom is 0.0465 e. The van der Waals surface area contributed by atoms with Crippen LogP contribution in [-0.2, 0) is 12.8 Å². The maximum absolute atomic E-state index is 10.0. The van der Waals surface area contributed by atoms with E-state index in [0.29, 0.717) is 11.8 Å². The normalized spacial score (nSPS) is 29.8. The van der Waals surface area contributed by atoms with E-state index in [4.69, 9.17) is 0 Å². The van der Waals surface area contributed by atoms with E-state index in [2.05, 4.69) is 60.7 Å². The molecular weight excluding hydrogens is 308 g/mol. The lowest BCUT2D eigenvalue weighted by atomic mass is 9.68. The van der Waals surface area contributed by atoms with Gasteiger partial charge in [-0.3, -0.25) is 0 Å². The molecule has 0 radical (unpaired) electrons. The second kappa shape index (κ2) is 6.93. The third-order valence-corrected chi connectivity index (χ3v) is 7.02. The minimum Gasteiger partial charge on any atom is -0.396 e. The molecule has 2 saturated carbocycles. The number of aliphatic hydroxyl groups is 2. The molecule has 0 spiro atoms. The summed E-state index contributed by atoms with van der Waals surface area (Å²) < 4.78 is 0. The van der Waals surface area contributed by atoms with Crippen LogP contribution in [0.25, 0.3) is 0 Å². The highest BCUT2D eigenvalue weighted by Gasteiger charge is 2.62. The van der Waals surface area contributed by atoms with Gasteiger partial charge in [0, 0.05) is 13.2 Å². The molecule has 4 atom stereocenters. The average molecular weight is 336 g/mol. The van der Waals surface area contributed by atoms with Crippen molar-refractivity contribution in [2.24, 2.45) is 29.1 Å². The van der Waals surface area contributed by atoms with Gasteiger partial charge in [-0.2, -0.15) is 0 Å². The molecule has 0 aromatic heterocycles. The number of hydrogen-bond acceptors (Lipinski definition) is 2. The Hall–Kier alpha value is -1.64. The van der Waals surface area contributed by atoms with Gasteiger partial charge in [-0.25, -0.2) is 0 Å². The van der Waals surface area contributed by atoms with E-state index in [0.717, 1.165) is 12.8 Å². The standard InChI is InChI=1S/C23H28O2/c24-15-19-20(16-25)22-12-11-21(19)23(22,13-17-7-3-1-4-8-17)14-18-9-5-2-6-10-18/h1-10,19-22,24-25H,11-16H2/t19-,20+,21-,22-/m1/s1. The fourth-order valence-corrected chi connectivity index (χ4v) is 6.15. The predicted molar refractivity (Wildman–Crippen MR) is 100 cm³/mol. The Kier molecular flexibility index (Phi) is 4.66. The zero-order valence-corrected chi connectivity index (χ0v) is 14.7. The summed E-state index contributed by atoms with van der Waals surface area (Å²) in [6, 6.07) is 21.5. The van der Waals surface area contributed by atoms with Crippen LogP contribution in [0.15, 0.2) is 60.7 Å². The molecule has 0 amide bonds. The Labute approximate surface area is 150 Å². The number of benzene rings is 2. The minimum atomic E-state index is 0.156. The van der Waals surface area contributed by atoms with Crippen LogP contribution in [0, 0.1) is 29.1 Å². The molecular formula is C23H28O2. The van der Waals surface area contributed by atoms with Crippen LogP contribution < -0.4 is 0 Å². The topological polar surface area (TPSA) is 40.5 Å². The van der Waals surface area contributed by atoms with Gasteiger partial charge in [-0.1, -0.05) is 60.7 Å². The van der Waals surface area contributed by atoms with Gasteiger partial charge in [0.1, 0.15) is 0 Å². The summed E-state index contributed by atoms with van der Waals surface area (Å²) in [4.78, 5) is 0. The first-order chi connectivity index (χ1) is 12.3. The van der Waals surface area contributed by atoms with Crippen LogP contribution in [0.4, 0.5) is 0 Å². The summed E-state index contributed by atoms with van der Waals surface area (Å²) in [6.07, 6.45) is 4.47. The van der Waals surface area contributed by atoms with Crippen LogP contribution in [0.5, 0.6) is 0 Å². The Morgan fingerprint density at radius 2 is 1.08 bits per heavy atom. The largest absolute Gasteiger partial charge is 0.396 e. The molecule has 4 rings (SSSR count). The summed E-state index contributed by atoms with van der Waals surface area (Å²) in [7, 11) is 0. The molecule has 0 saturated heterocycles. The van der Waals surface area contributed by atoms with Gasteiger partial charge in [0.05, 0.1) is 0 Å². The lowest BCUT2D eigenvalue weighted by Gasteiger charge is -2.36. The summed E-state index contributed by atoms with van der Waals surface area (Å²) in [6.45, 7) is 0.412. The monoisotopic (exact) mass is 336 g/mol. The first-order valence-corrected chi connectivity index (χ1v) is 9.58. The van der Waals surface area contributed by atoms with Crippen molar-refractivity contribution < 1.29 is 10.2 Å². The predicted octanol–water partition coefficient (Wildman–Crippen LogP) is 3.72. The minimum absolute atomic E-state index is 0.156. The highest BCUT2D eigenvalue weighted by Crippen LogP contribution is 2.65. The van der Waals surface area contributed by atoms with Crippen molar-refractivity contribution in [2.75, 3.05) is 13.2 Å². The van der Waals surface area contributed by atoms with E-state index in [1.807, 2.05) is 0 Å². The van der Waals surface area contributed by atoms with Crippen LogP contribution in [0.1, 0.15) is 24.0 Å². The van der Waals surface area contributed by atoms with Crippen LogP contribution >= 0.6 is 0 Å². The van der Waals surface area contributed by atoms with Crippen molar-refractivity contribution in [3.05, 3.63) is 71.8 Å². The van der Waals surface area contributed by atoms with Gasteiger partial charge in [0.15, 0.2) is 0 Å². The third kappa shape index (κ3) is 2.82. The molecule has 2 fully saturated rings. The third-order valence-electron chi connectivity index (χ3n) is 7.02. The average Bonchev–Trinajstić information content (AvgIpc) is 3.11. The van der Waals surface area contributed by atoms with E-state index in [1.54, 1.807) is 0 Å². The zero-order valence-electron chi connectivity index (χ0n) is 14.7. The smallest absolute Gasteiger partial charge is 0.0465 e. The molecule has 2 N–H and O–H groups in total. The molecule has 2 aromatic rings. The van der Waals surface area contributed by atoms with Crippen molar-refractivity contribution in [3.8, 4) is 0 Å². The first kappa shape index (κ1) is 16.8. The SMILES string of the molecule is OC[C@@H]1[C@H](CO)[C@H]2CC[C@H]1C2(Cc1ccccc1)Cc1ccccc1. The van der Waals surface area contributed by atoms with E-state index in [1.165, 1.54) is 24.0 Å². The van der Waals surface area contributed by atoms with Crippen molar-refractivity contribution in [3.63, 3.8) is 0 Å². The van der Waals surface area contributed by atoms with Gasteiger partial charge >= 0.3 is 0 Å². The van der Waals surface area contributed by atoms with Crippen molar-refractivity contribution in [2.45, 2.75) is 25.7 Å². The molecule has 2 heteroatoms. The zero-order chi connectivity index (χ0) is 17.3. The highest BCUT2D eigenvalue weighted by atomic mass is 16.3. The lowest BCUT2D eigenvalue weighted by molar-refractivity contribution is 0.0791. The number of hydrogen-bond donors (Lipinski definition) is 2. The summed E-state index contributed by atoms with van der Waals surface area (Å²) in [5.41, 5.74) is 2.92. The molecule has 2 aromatic carbocycles. The fourth-order valence-electron chi connectivity index (χ4n) is 6.15. The second-order valence-electron chi connectivity index (χ2n) is 8.04. The first-order valence-electron chi connectivity index (χ1n) is 9.58. The highest BCUT2D eigenvalue weighted by molar-refractivity contribution is 5.25. The van der Waals surface area contributed by atoms with Crippen LogP contribution in [0.3, 0.4) is 0 Å². The summed E-state index contributed by atoms with van der Waals surface area (Å²) in [5, 5.41) is 20.1. The molecule has 0 heterocycles. The van der Waals surface area contributed by atoms with Crippen LogP contribution in [0.2, 0.25) is 0 Å². The van der Waals surface area contributed by atoms with Crippen LogP contribution in [-0.4, -0.2) is 23.4 Å². The molecule has 0 aliphatic heterocycles. The van der Waals surface area contributed by atoms with Crippen molar-refractivity contribution >= 4 is 0 Å². The number of rotatable bonds is 6. The second-order valence-corrected chi connectivity index (χ2v) is 8.04. The number of fused-ring (bicyclic) bond motifs is 2. The van der Waals surface area contributed by atoms with Crippen molar-refractivity contribution in [1.82, 2.24) is 0 Å². The quantitative estimate of drug-likeness (QED) is 0.844. The molecule has 2 bridgehead atoms. The Bertz CT molecular complexity index is 620. The molecule has 2 aliphatic carbocycles. The Balaban J connectivity index is 1.74. The van der Waals surface area contributed by atoms with Gasteiger partial charge < -0.3 is 10.2 Å². The molecule has 25 heavy (non-hydrogen) atoms. The summed E-state index contributed by atoms with van der Waals surface area (Å²) in [5.74, 6) is 1.49. The fraction of sp³-hybridized carbons (Fsp3) is 0.478. The molecule has 132 valence electrons. The maximum atomic E-state index is 10.0. The van der Waals surface area contributed by atoms with E-state index in [-0.39, 0.29) is 30.5 Å². The molecule has 0 unspecified atom stereocenters. The van der Waals surface area contributed by atoms with Gasteiger partial charge in [-0.05, 0) is 65.9 Å². The number of aliphatic hydroxyl groups excluding tert-OH is 2. The lowest BCUT2D eigenvalue weighted by Crippen LogP contribution is -2.33. The molecule has 2 nitrogen and oxygen atoms in total. The van der Waals surface area contributed by atoms with E-state index in [9.17, 15) is 10.2 Å². The van der Waals surface area contributed by atoms with E-state index < -0.39 is 0 Å². The Morgan fingerprint density at radius 1 is 0.680 bits per heavy atom. The summed E-state index contributed by atoms with van der Waals surface area (Å²) >= 11 is 0. The van der Waals surface area contributed by atoms with E-state index >= 15 is 0 Å². The van der Waals surface area contributed by atoms with Crippen molar-refractivity contribution in [1.29, 1.82) is 0 Å². The van der Waals surface area contributed by atoms with Gasteiger partial charge in [0.2, 0.25) is 0 Å².